The molecule has 0 aliphatic heterocycles. The molecule has 0 unspecified atom stereocenters. The van der Waals surface area contributed by atoms with Crippen LogP contribution in [0.1, 0.15) is 41.7 Å². The van der Waals surface area contributed by atoms with Crippen molar-refractivity contribution in [3.05, 3.63) is 17.5 Å². The summed E-state index contributed by atoms with van der Waals surface area (Å²) < 4.78 is 13.1. The minimum absolute atomic E-state index is 0.0365. The SMILES string of the molecule is Cc1[nH]ncc1C(=O)N[C@@H]1CCC[C@@H](F)C1. The zero-order valence-electron chi connectivity index (χ0n) is 9.29. The van der Waals surface area contributed by atoms with Gasteiger partial charge in [0.15, 0.2) is 0 Å². The van der Waals surface area contributed by atoms with E-state index >= 15 is 0 Å². The van der Waals surface area contributed by atoms with Crippen LogP contribution in [0.3, 0.4) is 0 Å². The van der Waals surface area contributed by atoms with E-state index in [1.54, 1.807) is 6.92 Å². The molecule has 0 aromatic carbocycles. The lowest BCUT2D eigenvalue weighted by Crippen LogP contribution is -2.39. The summed E-state index contributed by atoms with van der Waals surface area (Å²) in [5.41, 5.74) is 1.28. The first-order valence-electron chi connectivity index (χ1n) is 5.61. The van der Waals surface area contributed by atoms with E-state index in [1.165, 1.54) is 6.20 Å². The highest BCUT2D eigenvalue weighted by Gasteiger charge is 2.23. The molecular formula is C11H16FN3O. The third kappa shape index (κ3) is 2.40. The standard InChI is InChI=1S/C11H16FN3O/c1-7-10(6-13-15-7)11(16)14-9-4-2-3-8(12)5-9/h6,8-9H,2-5H2,1H3,(H,13,15)(H,14,16)/t8-,9-/m1/s1. The number of aryl methyl sites for hydroxylation is 1. The normalized spacial score (nSPS) is 25.4. The van der Waals surface area contributed by atoms with Gasteiger partial charge in [-0.1, -0.05) is 0 Å². The zero-order valence-corrected chi connectivity index (χ0v) is 9.29. The largest absolute Gasteiger partial charge is 0.349 e. The van der Waals surface area contributed by atoms with Crippen molar-refractivity contribution in [2.75, 3.05) is 0 Å². The Labute approximate surface area is 93.6 Å². The summed E-state index contributed by atoms with van der Waals surface area (Å²) in [6.07, 6.45) is 3.49. The number of aromatic nitrogens is 2. The molecule has 1 heterocycles. The van der Waals surface area contributed by atoms with Crippen molar-refractivity contribution < 1.29 is 9.18 Å². The van der Waals surface area contributed by atoms with Gasteiger partial charge in [0.1, 0.15) is 6.17 Å². The van der Waals surface area contributed by atoms with Crippen molar-refractivity contribution in [1.29, 1.82) is 0 Å². The van der Waals surface area contributed by atoms with Gasteiger partial charge in [-0.2, -0.15) is 5.10 Å². The van der Waals surface area contributed by atoms with Crippen LogP contribution in [-0.4, -0.2) is 28.3 Å². The van der Waals surface area contributed by atoms with E-state index in [-0.39, 0.29) is 11.9 Å². The predicted octanol–water partition coefficient (Wildman–Crippen LogP) is 1.73. The summed E-state index contributed by atoms with van der Waals surface area (Å²) >= 11 is 0. The number of H-pyrrole nitrogens is 1. The fourth-order valence-corrected chi connectivity index (χ4v) is 2.10. The molecule has 1 fully saturated rings. The number of aromatic amines is 1. The third-order valence-corrected chi connectivity index (χ3v) is 3.02. The number of carbonyl (C=O) groups is 1. The molecule has 1 aliphatic carbocycles. The Bertz CT molecular complexity index is 377. The lowest BCUT2D eigenvalue weighted by Gasteiger charge is -2.25. The number of carbonyl (C=O) groups excluding carboxylic acids is 1. The van der Waals surface area contributed by atoms with Crippen LogP contribution in [0.15, 0.2) is 6.20 Å². The molecule has 16 heavy (non-hydrogen) atoms. The van der Waals surface area contributed by atoms with Gasteiger partial charge in [-0.15, -0.1) is 0 Å². The van der Waals surface area contributed by atoms with Crippen LogP contribution in [0.25, 0.3) is 0 Å². The van der Waals surface area contributed by atoms with Gasteiger partial charge in [-0.05, 0) is 32.6 Å². The van der Waals surface area contributed by atoms with Crippen LogP contribution >= 0.6 is 0 Å². The van der Waals surface area contributed by atoms with E-state index in [2.05, 4.69) is 15.5 Å². The van der Waals surface area contributed by atoms with E-state index in [4.69, 9.17) is 0 Å². The number of amides is 1. The maximum Gasteiger partial charge on any atom is 0.254 e. The molecule has 4 nitrogen and oxygen atoms in total. The van der Waals surface area contributed by atoms with Crippen molar-refractivity contribution >= 4 is 5.91 Å². The van der Waals surface area contributed by atoms with Crippen molar-refractivity contribution in [2.24, 2.45) is 0 Å². The summed E-state index contributed by atoms with van der Waals surface area (Å²) in [5, 5.41) is 9.36. The lowest BCUT2D eigenvalue weighted by molar-refractivity contribution is 0.0912. The predicted molar refractivity (Wildman–Crippen MR) is 57.9 cm³/mol. The van der Waals surface area contributed by atoms with Gasteiger partial charge in [-0.3, -0.25) is 9.89 Å². The fraction of sp³-hybridized carbons (Fsp3) is 0.636. The number of alkyl halides is 1. The molecule has 1 aromatic rings. The molecule has 2 rings (SSSR count). The minimum Gasteiger partial charge on any atom is -0.349 e. The smallest absolute Gasteiger partial charge is 0.254 e. The van der Waals surface area contributed by atoms with Crippen molar-refractivity contribution in [2.45, 2.75) is 44.8 Å². The van der Waals surface area contributed by atoms with Gasteiger partial charge in [0.25, 0.3) is 5.91 Å². The topological polar surface area (TPSA) is 57.8 Å². The van der Waals surface area contributed by atoms with Gasteiger partial charge < -0.3 is 5.32 Å². The molecule has 88 valence electrons. The highest BCUT2D eigenvalue weighted by molar-refractivity contribution is 5.95. The number of hydrogen-bond acceptors (Lipinski definition) is 2. The zero-order chi connectivity index (χ0) is 11.5. The van der Waals surface area contributed by atoms with Crippen LogP contribution in [-0.2, 0) is 0 Å². The molecule has 0 spiro atoms. The number of rotatable bonds is 2. The number of nitrogens with one attached hydrogen (secondary N) is 2. The Morgan fingerprint density at radius 3 is 3.06 bits per heavy atom. The second-order valence-electron chi connectivity index (χ2n) is 4.34. The van der Waals surface area contributed by atoms with Crippen molar-refractivity contribution in [3.63, 3.8) is 0 Å². The van der Waals surface area contributed by atoms with Crippen molar-refractivity contribution in [1.82, 2.24) is 15.5 Å². The average Bonchev–Trinajstić information content (AvgIpc) is 2.64. The number of hydrogen-bond donors (Lipinski definition) is 2. The van der Waals surface area contributed by atoms with Crippen LogP contribution in [0.2, 0.25) is 0 Å². The maximum absolute atomic E-state index is 13.1. The van der Waals surface area contributed by atoms with E-state index in [9.17, 15) is 9.18 Å². The molecule has 2 atom stereocenters. The second-order valence-corrected chi connectivity index (χ2v) is 4.34. The van der Waals surface area contributed by atoms with E-state index in [1.807, 2.05) is 0 Å². The first-order valence-corrected chi connectivity index (χ1v) is 5.61. The molecule has 1 saturated carbocycles. The van der Waals surface area contributed by atoms with Gasteiger partial charge in [-0.25, -0.2) is 4.39 Å². The van der Waals surface area contributed by atoms with Crippen molar-refractivity contribution in [3.8, 4) is 0 Å². The molecule has 0 bridgehead atoms. The lowest BCUT2D eigenvalue weighted by atomic mass is 9.94. The van der Waals surface area contributed by atoms with Gasteiger partial charge >= 0.3 is 0 Å². The van der Waals surface area contributed by atoms with Crippen LogP contribution in [0.4, 0.5) is 4.39 Å². The van der Waals surface area contributed by atoms with Gasteiger partial charge in [0, 0.05) is 11.7 Å². The summed E-state index contributed by atoms with van der Waals surface area (Å²) in [5.74, 6) is -0.162. The Morgan fingerprint density at radius 2 is 2.44 bits per heavy atom. The van der Waals surface area contributed by atoms with E-state index in [0.717, 1.165) is 18.5 Å². The summed E-state index contributed by atoms with van der Waals surface area (Å²) in [7, 11) is 0. The Hall–Kier alpha value is -1.39. The molecule has 5 heteroatoms. The monoisotopic (exact) mass is 225 g/mol. The molecule has 2 N–H and O–H groups in total. The van der Waals surface area contributed by atoms with E-state index < -0.39 is 6.17 Å². The second kappa shape index (κ2) is 4.63. The third-order valence-electron chi connectivity index (χ3n) is 3.02. The van der Waals surface area contributed by atoms with Gasteiger partial charge in [0.2, 0.25) is 0 Å². The Morgan fingerprint density at radius 1 is 1.62 bits per heavy atom. The quantitative estimate of drug-likeness (QED) is 0.805. The fourth-order valence-electron chi connectivity index (χ4n) is 2.10. The summed E-state index contributed by atoms with van der Waals surface area (Å²) in [4.78, 5) is 11.8. The average molecular weight is 225 g/mol. The molecule has 1 aliphatic rings. The molecular weight excluding hydrogens is 209 g/mol. The first-order chi connectivity index (χ1) is 7.66. The highest BCUT2D eigenvalue weighted by atomic mass is 19.1. The molecule has 1 amide bonds. The Kier molecular flexibility index (Phi) is 3.22. The maximum atomic E-state index is 13.1. The number of halogens is 1. The summed E-state index contributed by atoms with van der Waals surface area (Å²) in [6, 6.07) is -0.0365. The Balaban J connectivity index is 1.95. The van der Waals surface area contributed by atoms with Crippen LogP contribution in [0, 0.1) is 6.92 Å². The highest BCUT2D eigenvalue weighted by Crippen LogP contribution is 2.21. The van der Waals surface area contributed by atoms with E-state index in [0.29, 0.717) is 18.4 Å². The number of nitrogens with zero attached hydrogens (tertiary/aromatic N) is 1. The summed E-state index contributed by atoms with van der Waals surface area (Å²) in [6.45, 7) is 1.79. The molecule has 0 radical (unpaired) electrons. The molecule has 0 saturated heterocycles. The van der Waals surface area contributed by atoms with Crippen LogP contribution < -0.4 is 5.32 Å². The van der Waals surface area contributed by atoms with Gasteiger partial charge in [0.05, 0.1) is 11.8 Å². The van der Waals surface area contributed by atoms with Crippen LogP contribution in [0.5, 0.6) is 0 Å². The molecule has 1 aromatic heterocycles. The first kappa shape index (κ1) is 11.1. The minimum atomic E-state index is -0.774.